The summed E-state index contributed by atoms with van der Waals surface area (Å²) in [4.78, 5) is 77.5. The number of aromatic nitrogens is 5. The molecule has 2 fully saturated rings. The van der Waals surface area contributed by atoms with Crippen LogP contribution in [0.4, 0.5) is 9.59 Å². The summed E-state index contributed by atoms with van der Waals surface area (Å²) in [5.74, 6) is 0.796. The summed E-state index contributed by atoms with van der Waals surface area (Å²) in [5.41, 5.74) is 6.33. The number of carbonyl (C=O) groups is 4. The van der Waals surface area contributed by atoms with E-state index in [1.807, 2.05) is 72.8 Å². The minimum Gasteiger partial charge on any atom is -0.465 e. The molecule has 5 heterocycles. The monoisotopic (exact) mass is 807 g/mol. The number of imidazole rings is 2. The molecule has 6 aromatic rings. The Labute approximate surface area is 346 Å². The molecular weight excluding hydrogens is 763 g/mol. The number of carboxylic acid groups (broad SMARTS) is 1. The number of aromatic amines is 2. The summed E-state index contributed by atoms with van der Waals surface area (Å²) in [6.07, 6.45) is 6.44. The summed E-state index contributed by atoms with van der Waals surface area (Å²) < 4.78 is 4.82. The van der Waals surface area contributed by atoms with Crippen LogP contribution in [0.1, 0.15) is 72.6 Å². The Morgan fingerprint density at radius 2 is 1.25 bits per heavy atom. The molecule has 2 saturated heterocycles. The van der Waals surface area contributed by atoms with Gasteiger partial charge in [0.15, 0.2) is 0 Å². The van der Waals surface area contributed by atoms with Gasteiger partial charge in [-0.25, -0.2) is 19.6 Å². The van der Waals surface area contributed by atoms with E-state index in [4.69, 9.17) is 9.72 Å². The van der Waals surface area contributed by atoms with E-state index < -0.39 is 24.3 Å². The second-order valence-electron chi connectivity index (χ2n) is 14.9. The van der Waals surface area contributed by atoms with Crippen LogP contribution in [0.2, 0.25) is 0 Å². The van der Waals surface area contributed by atoms with Gasteiger partial charge in [-0.1, -0.05) is 91.0 Å². The van der Waals surface area contributed by atoms with Crippen LogP contribution in [-0.2, 0) is 14.3 Å². The number of alkyl carbamates (subject to hydrolysis) is 1. The number of hydrogen-bond donors (Lipinski definition) is 4. The normalized spacial score (nSPS) is 17.2. The number of ether oxygens (including phenoxy) is 1. The molecule has 4 amide bonds. The van der Waals surface area contributed by atoms with E-state index in [9.17, 15) is 24.3 Å². The number of likely N-dealkylation sites (N-methyl/N-ethyl adjacent to an activating group) is 1. The summed E-state index contributed by atoms with van der Waals surface area (Å²) in [6.45, 7) is 1.04. The van der Waals surface area contributed by atoms with Crippen molar-refractivity contribution in [3.63, 3.8) is 0 Å². The largest absolute Gasteiger partial charge is 0.465 e. The number of nitrogens with one attached hydrogen (secondary N) is 3. The van der Waals surface area contributed by atoms with Gasteiger partial charge in [-0.05, 0) is 54.0 Å². The van der Waals surface area contributed by atoms with Crippen LogP contribution in [-0.4, -0.2) is 96.0 Å². The number of nitrogens with zero attached hydrogens (tertiary/aromatic N) is 6. The Morgan fingerprint density at radius 1 is 0.700 bits per heavy atom. The molecule has 3 aromatic heterocycles. The lowest BCUT2D eigenvalue weighted by molar-refractivity contribution is -0.137. The van der Waals surface area contributed by atoms with Crippen LogP contribution in [0.25, 0.3) is 33.8 Å². The fraction of sp³-hybridized carbons (Fsp3) is 0.267. The van der Waals surface area contributed by atoms with Gasteiger partial charge in [0.05, 0.1) is 48.7 Å². The first-order chi connectivity index (χ1) is 29.2. The zero-order valence-corrected chi connectivity index (χ0v) is 33.2. The number of rotatable bonds is 11. The van der Waals surface area contributed by atoms with Crippen molar-refractivity contribution in [3.05, 3.63) is 138 Å². The van der Waals surface area contributed by atoms with Crippen LogP contribution in [0.15, 0.2) is 116 Å². The highest BCUT2D eigenvalue weighted by Gasteiger charge is 2.40. The minimum atomic E-state index is -1.18. The van der Waals surface area contributed by atoms with Crippen molar-refractivity contribution >= 4 is 24.0 Å². The predicted octanol–water partition coefficient (Wildman–Crippen LogP) is 7.30. The van der Waals surface area contributed by atoms with Crippen molar-refractivity contribution in [2.24, 2.45) is 0 Å². The van der Waals surface area contributed by atoms with E-state index in [0.717, 1.165) is 46.5 Å². The number of carbonyl (C=O) groups excluding carboxylic acids is 3. The summed E-state index contributed by atoms with van der Waals surface area (Å²) in [5, 5.41) is 12.5. The van der Waals surface area contributed by atoms with Gasteiger partial charge in [-0.2, -0.15) is 0 Å². The molecule has 15 nitrogen and oxygen atoms in total. The third-order valence-corrected chi connectivity index (χ3v) is 11.3. The Hall–Kier alpha value is -7.29. The Balaban J connectivity index is 0.933. The zero-order valence-electron chi connectivity index (χ0n) is 33.2. The number of pyridine rings is 1. The molecule has 306 valence electrons. The lowest BCUT2D eigenvalue weighted by Crippen LogP contribution is -2.43. The molecule has 60 heavy (non-hydrogen) atoms. The van der Waals surface area contributed by atoms with Crippen LogP contribution in [0.3, 0.4) is 0 Å². The minimum absolute atomic E-state index is 0.226. The molecule has 0 bridgehead atoms. The highest BCUT2D eigenvalue weighted by Crippen LogP contribution is 2.37. The van der Waals surface area contributed by atoms with Crippen molar-refractivity contribution in [1.29, 1.82) is 0 Å². The van der Waals surface area contributed by atoms with E-state index in [2.05, 4.69) is 25.3 Å². The maximum absolute atomic E-state index is 13.9. The van der Waals surface area contributed by atoms with Crippen LogP contribution >= 0.6 is 0 Å². The topological polar surface area (TPSA) is 190 Å². The molecule has 0 radical (unpaired) electrons. The number of amides is 4. The third-order valence-electron chi connectivity index (χ3n) is 11.3. The maximum Gasteiger partial charge on any atom is 0.407 e. The molecule has 0 unspecified atom stereocenters. The van der Waals surface area contributed by atoms with Gasteiger partial charge >= 0.3 is 12.2 Å². The van der Waals surface area contributed by atoms with E-state index in [-0.39, 0.29) is 23.9 Å². The van der Waals surface area contributed by atoms with Gasteiger partial charge in [0.2, 0.25) is 0 Å². The van der Waals surface area contributed by atoms with Crippen molar-refractivity contribution < 1.29 is 29.0 Å². The van der Waals surface area contributed by atoms with E-state index in [1.165, 1.54) is 14.2 Å². The molecule has 0 saturated carbocycles. The molecule has 4 N–H and O–H groups in total. The molecule has 8 rings (SSSR count). The molecule has 4 atom stereocenters. The van der Waals surface area contributed by atoms with Gasteiger partial charge in [-0.3, -0.25) is 19.5 Å². The number of benzene rings is 3. The van der Waals surface area contributed by atoms with Crippen LogP contribution < -0.4 is 5.32 Å². The first-order valence-electron chi connectivity index (χ1n) is 19.9. The zero-order chi connectivity index (χ0) is 41.8. The average molecular weight is 808 g/mol. The highest BCUT2D eigenvalue weighted by molar-refractivity contribution is 5.88. The molecule has 15 heteroatoms. The number of H-pyrrole nitrogens is 2. The van der Waals surface area contributed by atoms with Crippen LogP contribution in [0, 0.1) is 0 Å². The Bertz CT molecular complexity index is 2450. The third kappa shape index (κ3) is 8.06. The molecule has 2 aliphatic rings. The molecule has 0 aliphatic carbocycles. The van der Waals surface area contributed by atoms with Gasteiger partial charge < -0.3 is 34.9 Å². The fourth-order valence-corrected chi connectivity index (χ4v) is 8.19. The quantitative estimate of drug-likeness (QED) is 0.104. The summed E-state index contributed by atoms with van der Waals surface area (Å²) >= 11 is 0. The van der Waals surface area contributed by atoms with E-state index in [0.29, 0.717) is 53.7 Å². The molecule has 2 aliphatic heterocycles. The van der Waals surface area contributed by atoms with E-state index in [1.54, 1.807) is 52.7 Å². The van der Waals surface area contributed by atoms with Gasteiger partial charge in [0.1, 0.15) is 23.7 Å². The number of methoxy groups -OCH3 is 1. The Kier molecular flexibility index (Phi) is 11.4. The SMILES string of the molecule is COC(=O)N[C@@H](C(=O)N1CCC[C@H]1c1ncc(-c2ccc(-c3ccc(-c4cnc([C@@H]5CCCN5C(=O)[C@@H](c5ccccc5)N(C)C(=O)O)[nH]4)nc3)cc2)[nH]1)c1ccccc1. The van der Waals surface area contributed by atoms with Gasteiger partial charge in [0, 0.05) is 31.9 Å². The molecule has 0 spiro atoms. The fourth-order valence-electron chi connectivity index (χ4n) is 8.19. The average Bonchev–Trinajstić information content (AvgIpc) is 4.13. The predicted molar refractivity (Wildman–Crippen MR) is 222 cm³/mol. The van der Waals surface area contributed by atoms with Gasteiger partial charge in [-0.15, -0.1) is 0 Å². The van der Waals surface area contributed by atoms with Crippen molar-refractivity contribution in [3.8, 4) is 33.8 Å². The smallest absolute Gasteiger partial charge is 0.407 e. The lowest BCUT2D eigenvalue weighted by Gasteiger charge is -2.32. The maximum atomic E-state index is 13.9. The first-order valence-corrected chi connectivity index (χ1v) is 19.9. The van der Waals surface area contributed by atoms with Gasteiger partial charge in [0.25, 0.3) is 11.8 Å². The highest BCUT2D eigenvalue weighted by atomic mass is 16.5. The first kappa shape index (κ1) is 39.5. The Morgan fingerprint density at radius 3 is 1.83 bits per heavy atom. The molecular formula is C45H45N9O6. The van der Waals surface area contributed by atoms with Crippen molar-refractivity contribution in [1.82, 2.24) is 44.9 Å². The standard InChI is InChI=1S/C45H45N9O6/c1-52(45(58)59)39(31-13-7-4-8-14-31)43(56)54-24-10-16-37(54)41-48-27-35(50-41)33-22-21-32(25-46-33)28-17-19-29(20-18-28)34-26-47-40(49-34)36-15-9-23-53(36)42(55)38(51-44(57)60-2)30-11-5-3-6-12-30/h3-8,11-14,17-22,25-27,36-39H,9-10,15-16,23-24H2,1-2H3,(H,47,49)(H,48,50)(H,51,57)(H,58,59)/t36-,37-,38+,39+/m0/s1. The number of hydrogen-bond acceptors (Lipinski definition) is 8. The second kappa shape index (κ2) is 17.3. The van der Waals surface area contributed by atoms with Crippen molar-refractivity contribution in [2.45, 2.75) is 49.9 Å². The summed E-state index contributed by atoms with van der Waals surface area (Å²) in [7, 11) is 2.69. The molecule has 3 aromatic carbocycles. The van der Waals surface area contributed by atoms with Crippen LogP contribution in [0.5, 0.6) is 0 Å². The summed E-state index contributed by atoms with van der Waals surface area (Å²) in [6, 6.07) is 27.6. The lowest BCUT2D eigenvalue weighted by atomic mass is 10.0. The number of likely N-dealkylation sites (tertiary alicyclic amines) is 2. The van der Waals surface area contributed by atoms with Crippen molar-refractivity contribution in [2.75, 3.05) is 27.2 Å². The second-order valence-corrected chi connectivity index (χ2v) is 14.9. The van der Waals surface area contributed by atoms with E-state index >= 15 is 0 Å².